The fraction of sp³-hybridized carbons (Fsp3) is 0.444. The minimum Gasteiger partial charge on any atom is -0.349 e. The summed E-state index contributed by atoms with van der Waals surface area (Å²) in [5, 5.41) is 6.77. The van der Waals surface area contributed by atoms with Crippen LogP contribution in [0, 0.1) is 5.92 Å². The van der Waals surface area contributed by atoms with Crippen LogP contribution in [0.2, 0.25) is 5.02 Å². The number of hydrogen-bond donors (Lipinski definition) is 2. The monoisotopic (exact) mass is 496 g/mol. The Balaban J connectivity index is 1.34. The van der Waals surface area contributed by atoms with E-state index in [1.807, 2.05) is 56.3 Å². The lowest BCUT2D eigenvalue weighted by Crippen LogP contribution is -2.55. The summed E-state index contributed by atoms with van der Waals surface area (Å²) in [6, 6.07) is 16.8. The Bertz CT molecular complexity index is 1050. The lowest BCUT2D eigenvalue weighted by Gasteiger charge is -2.37. The maximum atomic E-state index is 13.3. The number of rotatable bonds is 8. The number of likely N-dealkylation sites (tertiary alicyclic amines) is 1. The maximum absolute atomic E-state index is 13.3. The first-order valence-corrected chi connectivity index (χ1v) is 12.6. The van der Waals surface area contributed by atoms with Crippen LogP contribution in [-0.4, -0.2) is 52.8 Å². The van der Waals surface area contributed by atoms with E-state index in [1.54, 1.807) is 12.1 Å². The van der Waals surface area contributed by atoms with Gasteiger partial charge in [0, 0.05) is 30.6 Å². The van der Waals surface area contributed by atoms with Crippen molar-refractivity contribution in [3.8, 4) is 0 Å². The van der Waals surface area contributed by atoms with Crippen LogP contribution in [0.5, 0.6) is 0 Å². The normalized spacial score (nSPS) is 18.7. The number of piperidine rings is 1. The number of imide groups is 1. The molecule has 186 valence electrons. The quantitative estimate of drug-likeness (QED) is 0.538. The first-order chi connectivity index (χ1) is 16.8. The molecule has 1 atom stereocenters. The largest absolute Gasteiger partial charge is 0.349 e. The lowest BCUT2D eigenvalue weighted by atomic mass is 9.87. The minimum absolute atomic E-state index is 0.0384. The lowest BCUT2D eigenvalue weighted by molar-refractivity contribution is -0.133. The molecule has 4 amide bonds. The standard InChI is InChI=1S/C27H33ClN4O3/c1-19(2)24(33)29-23(21-6-4-3-5-7-21)12-15-31-16-13-27(14-17-31)25(34)32(26(35)30-27)18-20-8-10-22(28)11-9-20/h3-11,19,23H,12-18H2,1-2H3,(H,29,33)(H,30,35). The summed E-state index contributed by atoms with van der Waals surface area (Å²) >= 11 is 5.95. The van der Waals surface area contributed by atoms with E-state index < -0.39 is 5.54 Å². The smallest absolute Gasteiger partial charge is 0.325 e. The van der Waals surface area contributed by atoms with Gasteiger partial charge in [0.1, 0.15) is 5.54 Å². The van der Waals surface area contributed by atoms with E-state index in [-0.39, 0.29) is 36.3 Å². The molecule has 2 saturated heterocycles. The average Bonchev–Trinajstić information content (AvgIpc) is 3.08. The highest BCUT2D eigenvalue weighted by molar-refractivity contribution is 6.30. The van der Waals surface area contributed by atoms with Gasteiger partial charge in [0.25, 0.3) is 5.91 Å². The molecule has 0 bridgehead atoms. The molecule has 0 aliphatic carbocycles. The van der Waals surface area contributed by atoms with Gasteiger partial charge in [0.2, 0.25) is 5.91 Å². The third kappa shape index (κ3) is 5.85. The minimum atomic E-state index is -0.829. The Morgan fingerprint density at radius 1 is 1.06 bits per heavy atom. The predicted molar refractivity (Wildman–Crippen MR) is 136 cm³/mol. The van der Waals surface area contributed by atoms with Crippen molar-refractivity contribution in [1.29, 1.82) is 0 Å². The van der Waals surface area contributed by atoms with Gasteiger partial charge < -0.3 is 15.5 Å². The van der Waals surface area contributed by atoms with E-state index in [9.17, 15) is 14.4 Å². The fourth-order valence-corrected chi connectivity index (χ4v) is 4.87. The Morgan fingerprint density at radius 3 is 2.34 bits per heavy atom. The van der Waals surface area contributed by atoms with Crippen LogP contribution in [0.1, 0.15) is 50.3 Å². The van der Waals surface area contributed by atoms with Gasteiger partial charge in [-0.15, -0.1) is 0 Å². The highest BCUT2D eigenvalue weighted by Crippen LogP contribution is 2.31. The van der Waals surface area contributed by atoms with Gasteiger partial charge in [0.15, 0.2) is 0 Å². The molecule has 0 aromatic heterocycles. The molecule has 2 aromatic rings. The second kappa shape index (κ2) is 10.8. The van der Waals surface area contributed by atoms with Crippen molar-refractivity contribution < 1.29 is 14.4 Å². The van der Waals surface area contributed by atoms with Crippen molar-refractivity contribution >= 4 is 29.4 Å². The SMILES string of the molecule is CC(C)C(=O)NC(CCN1CCC2(CC1)NC(=O)N(Cc1ccc(Cl)cc1)C2=O)c1ccccc1. The number of nitrogens with one attached hydrogen (secondary N) is 2. The van der Waals surface area contributed by atoms with Crippen molar-refractivity contribution in [1.82, 2.24) is 20.4 Å². The second-order valence-electron chi connectivity index (χ2n) is 9.79. The Morgan fingerprint density at radius 2 is 1.71 bits per heavy atom. The zero-order valence-corrected chi connectivity index (χ0v) is 21.1. The summed E-state index contributed by atoms with van der Waals surface area (Å²) in [6.07, 6.45) is 1.92. The van der Waals surface area contributed by atoms with Gasteiger partial charge in [-0.05, 0) is 42.5 Å². The number of halogens is 1. The maximum Gasteiger partial charge on any atom is 0.325 e. The number of benzene rings is 2. The van der Waals surface area contributed by atoms with E-state index in [2.05, 4.69) is 15.5 Å². The summed E-state index contributed by atoms with van der Waals surface area (Å²) in [5.41, 5.74) is 1.12. The number of nitrogens with zero attached hydrogens (tertiary/aromatic N) is 2. The number of carbonyl (C=O) groups is 3. The highest BCUT2D eigenvalue weighted by Gasteiger charge is 2.52. The first-order valence-electron chi connectivity index (χ1n) is 12.2. The first kappa shape index (κ1) is 25.2. The summed E-state index contributed by atoms with van der Waals surface area (Å²) in [4.78, 5) is 41.9. The summed E-state index contributed by atoms with van der Waals surface area (Å²) < 4.78 is 0. The highest BCUT2D eigenvalue weighted by atomic mass is 35.5. The molecule has 2 fully saturated rings. The van der Waals surface area contributed by atoms with Crippen LogP contribution < -0.4 is 10.6 Å². The van der Waals surface area contributed by atoms with Crippen molar-refractivity contribution in [2.75, 3.05) is 19.6 Å². The van der Waals surface area contributed by atoms with Crippen molar-refractivity contribution in [3.63, 3.8) is 0 Å². The summed E-state index contributed by atoms with van der Waals surface area (Å²) in [5.74, 6) is -0.191. The molecule has 1 spiro atoms. The summed E-state index contributed by atoms with van der Waals surface area (Å²) in [7, 11) is 0. The predicted octanol–water partition coefficient (Wildman–Crippen LogP) is 4.13. The molecule has 2 heterocycles. The zero-order chi connectivity index (χ0) is 25.0. The van der Waals surface area contributed by atoms with Crippen molar-refractivity contribution in [2.24, 2.45) is 5.92 Å². The molecular weight excluding hydrogens is 464 g/mol. The van der Waals surface area contributed by atoms with Gasteiger partial charge in [-0.2, -0.15) is 0 Å². The molecule has 0 radical (unpaired) electrons. The van der Waals surface area contributed by atoms with Gasteiger partial charge in [0.05, 0.1) is 12.6 Å². The van der Waals surface area contributed by atoms with E-state index in [4.69, 9.17) is 11.6 Å². The van der Waals surface area contributed by atoms with Gasteiger partial charge in [-0.1, -0.05) is 67.9 Å². The molecule has 0 saturated carbocycles. The number of carbonyl (C=O) groups excluding carboxylic acids is 3. The third-order valence-corrected chi connectivity index (χ3v) is 7.24. The molecule has 1 unspecified atom stereocenters. The van der Waals surface area contributed by atoms with Crippen LogP contribution in [0.15, 0.2) is 54.6 Å². The molecule has 7 nitrogen and oxygen atoms in total. The average molecular weight is 497 g/mol. The Labute approximate surface area is 211 Å². The van der Waals surface area contributed by atoms with Gasteiger partial charge in [-0.3, -0.25) is 14.5 Å². The molecule has 8 heteroatoms. The van der Waals surface area contributed by atoms with Crippen molar-refractivity contribution in [2.45, 2.75) is 51.2 Å². The molecule has 2 aromatic carbocycles. The fourth-order valence-electron chi connectivity index (χ4n) is 4.75. The molecular formula is C27H33ClN4O3. The van der Waals surface area contributed by atoms with E-state index >= 15 is 0 Å². The van der Waals surface area contributed by atoms with Crippen molar-refractivity contribution in [3.05, 3.63) is 70.7 Å². The molecule has 2 aliphatic heterocycles. The van der Waals surface area contributed by atoms with Crippen LogP contribution in [-0.2, 0) is 16.1 Å². The van der Waals surface area contributed by atoms with Gasteiger partial charge in [-0.25, -0.2) is 4.79 Å². The third-order valence-electron chi connectivity index (χ3n) is 6.99. The van der Waals surface area contributed by atoms with Gasteiger partial charge >= 0.3 is 6.03 Å². The van der Waals surface area contributed by atoms with E-state index in [0.717, 1.165) is 24.1 Å². The molecule has 4 rings (SSSR count). The van der Waals surface area contributed by atoms with E-state index in [1.165, 1.54) is 4.90 Å². The van der Waals surface area contributed by atoms with Crippen LogP contribution >= 0.6 is 11.6 Å². The second-order valence-corrected chi connectivity index (χ2v) is 10.2. The topological polar surface area (TPSA) is 81.8 Å². The van der Waals surface area contributed by atoms with Crippen LogP contribution in [0.25, 0.3) is 0 Å². The summed E-state index contributed by atoms with van der Waals surface area (Å²) in [6.45, 7) is 6.24. The van der Waals surface area contributed by atoms with Crippen LogP contribution in [0.4, 0.5) is 4.79 Å². The number of urea groups is 1. The molecule has 2 aliphatic rings. The number of amides is 4. The number of hydrogen-bond acceptors (Lipinski definition) is 4. The molecule has 2 N–H and O–H groups in total. The van der Waals surface area contributed by atoms with Crippen LogP contribution in [0.3, 0.4) is 0 Å². The molecule has 35 heavy (non-hydrogen) atoms. The zero-order valence-electron chi connectivity index (χ0n) is 20.3. The Kier molecular flexibility index (Phi) is 7.77. The Hall–Kier alpha value is -2.90. The van der Waals surface area contributed by atoms with E-state index in [0.29, 0.717) is 31.0 Å².